The van der Waals surface area contributed by atoms with E-state index >= 15 is 0 Å². The van der Waals surface area contributed by atoms with E-state index in [2.05, 4.69) is 17.0 Å². The second-order valence-corrected chi connectivity index (χ2v) is 9.43. The number of sulfonamides is 1. The number of likely N-dealkylation sites (tertiary alicyclic amines) is 1. The number of hydrogen-bond donors (Lipinski definition) is 3. The number of anilines is 1. The van der Waals surface area contributed by atoms with Gasteiger partial charge in [0, 0.05) is 30.1 Å². The molecule has 2 aromatic rings. The molecule has 1 saturated heterocycles. The summed E-state index contributed by atoms with van der Waals surface area (Å²) in [6, 6.07) is 13.5. The maximum atomic E-state index is 12.7. The maximum absolute atomic E-state index is 12.7. The lowest BCUT2D eigenvalue weighted by molar-refractivity contribution is -0.905. The third-order valence-electron chi connectivity index (χ3n) is 5.34. The van der Waals surface area contributed by atoms with Crippen LogP contribution in [0.4, 0.5) is 5.69 Å². The fraction of sp³-hybridized carbons (Fsp3) is 0.409. The lowest BCUT2D eigenvalue weighted by atomic mass is 10.0. The molecule has 1 aliphatic rings. The number of quaternary nitrogens is 1. The smallest absolute Gasteiger partial charge is 0.261 e. The average molecular weight is 417 g/mol. The van der Waals surface area contributed by atoms with Gasteiger partial charge in [-0.1, -0.05) is 30.7 Å². The minimum absolute atomic E-state index is 0.162. The summed E-state index contributed by atoms with van der Waals surface area (Å²) in [7, 11) is -3.70. The zero-order valence-electron chi connectivity index (χ0n) is 17.1. The molecule has 29 heavy (non-hydrogen) atoms. The summed E-state index contributed by atoms with van der Waals surface area (Å²) in [5, 5.41) is 3.10. The number of rotatable bonds is 7. The number of aryl methyl sites for hydroxylation is 1. The van der Waals surface area contributed by atoms with E-state index in [1.165, 1.54) is 13.0 Å². The Morgan fingerprint density at radius 3 is 2.45 bits per heavy atom. The van der Waals surface area contributed by atoms with Crippen molar-refractivity contribution in [3.8, 4) is 0 Å². The number of amides is 1. The van der Waals surface area contributed by atoms with Crippen LogP contribution in [-0.2, 0) is 10.0 Å². The third-order valence-corrected chi connectivity index (χ3v) is 6.74. The van der Waals surface area contributed by atoms with Gasteiger partial charge in [0.05, 0.1) is 24.5 Å². The minimum atomic E-state index is -3.70. The van der Waals surface area contributed by atoms with Gasteiger partial charge in [0.1, 0.15) is 0 Å². The number of nitrogens with one attached hydrogen (secondary N) is 3. The van der Waals surface area contributed by atoms with Gasteiger partial charge in [-0.3, -0.25) is 9.52 Å². The Labute approximate surface area is 173 Å². The first-order valence-corrected chi connectivity index (χ1v) is 11.7. The molecule has 3 rings (SSSR count). The molecular weight excluding hydrogens is 386 g/mol. The van der Waals surface area contributed by atoms with Crippen molar-refractivity contribution in [1.82, 2.24) is 5.32 Å². The van der Waals surface area contributed by atoms with Gasteiger partial charge in [-0.25, -0.2) is 8.42 Å². The fourth-order valence-electron chi connectivity index (χ4n) is 3.70. The van der Waals surface area contributed by atoms with Gasteiger partial charge in [-0.2, -0.15) is 0 Å². The number of hydrogen-bond acceptors (Lipinski definition) is 3. The summed E-state index contributed by atoms with van der Waals surface area (Å²) in [6.45, 7) is 7.44. The molecule has 0 aromatic heterocycles. The monoisotopic (exact) mass is 416 g/mol. The van der Waals surface area contributed by atoms with E-state index in [0.717, 1.165) is 31.5 Å². The van der Waals surface area contributed by atoms with Crippen LogP contribution in [-0.4, -0.2) is 40.0 Å². The Balaban J connectivity index is 1.63. The Kier molecular flexibility index (Phi) is 6.92. The van der Waals surface area contributed by atoms with Gasteiger partial charge < -0.3 is 10.2 Å². The van der Waals surface area contributed by atoms with Crippen LogP contribution < -0.4 is 14.9 Å². The second kappa shape index (κ2) is 9.41. The van der Waals surface area contributed by atoms with Crippen LogP contribution in [0.5, 0.6) is 0 Å². The van der Waals surface area contributed by atoms with Crippen LogP contribution in [0.3, 0.4) is 0 Å². The van der Waals surface area contributed by atoms with Gasteiger partial charge in [0.25, 0.3) is 15.9 Å². The highest BCUT2D eigenvalue weighted by atomic mass is 32.2. The van der Waals surface area contributed by atoms with Crippen molar-refractivity contribution < 1.29 is 18.1 Å². The molecule has 1 fully saturated rings. The highest BCUT2D eigenvalue weighted by Crippen LogP contribution is 2.18. The standard InChI is InChI=1S/C22H29N3O3S/c1-3-13-25-14-11-19(12-15-25)23-22(26)18-5-4-6-20(16-18)24-29(27,28)21-9-7-17(2)8-10-21/h4-10,16,19,24H,3,11-15H2,1-2H3,(H,23,26)/p+1. The van der Waals surface area contributed by atoms with Crippen LogP contribution >= 0.6 is 0 Å². The molecule has 0 aliphatic carbocycles. The first-order valence-electron chi connectivity index (χ1n) is 10.2. The average Bonchev–Trinajstić information content (AvgIpc) is 2.70. The normalized spacial score (nSPS) is 19.5. The Morgan fingerprint density at radius 2 is 1.79 bits per heavy atom. The van der Waals surface area contributed by atoms with Gasteiger partial charge in [0.2, 0.25) is 0 Å². The number of benzene rings is 2. The predicted molar refractivity (Wildman–Crippen MR) is 115 cm³/mol. The summed E-state index contributed by atoms with van der Waals surface area (Å²) in [4.78, 5) is 14.4. The summed E-state index contributed by atoms with van der Waals surface area (Å²) in [5.41, 5.74) is 1.82. The Morgan fingerprint density at radius 1 is 1.10 bits per heavy atom. The van der Waals surface area contributed by atoms with Crippen LogP contribution in [0.2, 0.25) is 0 Å². The molecule has 1 amide bonds. The zero-order valence-corrected chi connectivity index (χ0v) is 17.9. The molecular formula is C22H30N3O3S+. The first-order chi connectivity index (χ1) is 13.9. The quantitative estimate of drug-likeness (QED) is 0.646. The number of carbonyl (C=O) groups is 1. The minimum Gasteiger partial charge on any atom is -0.349 e. The zero-order chi connectivity index (χ0) is 20.9. The third kappa shape index (κ3) is 5.81. The first kappa shape index (κ1) is 21.3. The molecule has 0 saturated carbocycles. The molecule has 1 heterocycles. The molecule has 3 N–H and O–H groups in total. The van der Waals surface area contributed by atoms with Crippen LogP contribution in [0, 0.1) is 6.92 Å². The molecule has 0 bridgehead atoms. The van der Waals surface area contributed by atoms with Crippen molar-refractivity contribution >= 4 is 21.6 Å². The van der Waals surface area contributed by atoms with Gasteiger partial charge >= 0.3 is 0 Å². The highest BCUT2D eigenvalue weighted by Gasteiger charge is 2.23. The summed E-state index contributed by atoms with van der Waals surface area (Å²) in [5.74, 6) is -0.162. The molecule has 0 spiro atoms. The van der Waals surface area contributed by atoms with E-state index in [1.807, 2.05) is 6.92 Å². The van der Waals surface area contributed by atoms with Gasteiger partial charge in [-0.05, 0) is 43.7 Å². The largest absolute Gasteiger partial charge is 0.349 e. The van der Waals surface area contributed by atoms with Crippen molar-refractivity contribution in [3.63, 3.8) is 0 Å². The number of carbonyl (C=O) groups excluding carboxylic acids is 1. The van der Waals surface area contributed by atoms with Crippen molar-refractivity contribution in [1.29, 1.82) is 0 Å². The van der Waals surface area contributed by atoms with Crippen LogP contribution in [0.15, 0.2) is 53.4 Å². The van der Waals surface area contributed by atoms with Crippen molar-refractivity contribution in [2.24, 2.45) is 0 Å². The molecule has 0 atom stereocenters. The lowest BCUT2D eigenvalue weighted by Crippen LogP contribution is -3.13. The number of piperidine rings is 1. The molecule has 0 radical (unpaired) electrons. The fourth-order valence-corrected chi connectivity index (χ4v) is 4.75. The molecule has 156 valence electrons. The van der Waals surface area contributed by atoms with E-state index in [-0.39, 0.29) is 16.8 Å². The summed E-state index contributed by atoms with van der Waals surface area (Å²) < 4.78 is 27.7. The van der Waals surface area contributed by atoms with E-state index in [0.29, 0.717) is 11.3 Å². The highest BCUT2D eigenvalue weighted by molar-refractivity contribution is 7.92. The van der Waals surface area contributed by atoms with Crippen molar-refractivity contribution in [2.75, 3.05) is 24.4 Å². The van der Waals surface area contributed by atoms with Gasteiger partial charge in [-0.15, -0.1) is 0 Å². The Bertz CT molecular complexity index is 934. The van der Waals surface area contributed by atoms with Crippen molar-refractivity contribution in [3.05, 3.63) is 59.7 Å². The molecule has 1 aliphatic heterocycles. The maximum Gasteiger partial charge on any atom is 0.261 e. The summed E-state index contributed by atoms with van der Waals surface area (Å²) >= 11 is 0. The van der Waals surface area contributed by atoms with E-state index < -0.39 is 10.0 Å². The molecule has 6 nitrogen and oxygen atoms in total. The van der Waals surface area contributed by atoms with Crippen LogP contribution in [0.1, 0.15) is 42.1 Å². The van der Waals surface area contributed by atoms with E-state index in [1.54, 1.807) is 53.4 Å². The van der Waals surface area contributed by atoms with Crippen molar-refractivity contribution in [2.45, 2.75) is 44.0 Å². The van der Waals surface area contributed by atoms with E-state index in [9.17, 15) is 13.2 Å². The Hall–Kier alpha value is -2.38. The van der Waals surface area contributed by atoms with E-state index in [4.69, 9.17) is 0 Å². The molecule has 0 unspecified atom stereocenters. The topological polar surface area (TPSA) is 79.7 Å². The summed E-state index contributed by atoms with van der Waals surface area (Å²) in [6.07, 6.45) is 3.12. The lowest BCUT2D eigenvalue weighted by Gasteiger charge is -2.29. The van der Waals surface area contributed by atoms with Crippen LogP contribution in [0.25, 0.3) is 0 Å². The second-order valence-electron chi connectivity index (χ2n) is 7.75. The predicted octanol–water partition coefficient (Wildman–Crippen LogP) is 1.98. The molecule has 7 heteroatoms. The van der Waals surface area contributed by atoms with Gasteiger partial charge in [0.15, 0.2) is 0 Å². The molecule has 2 aromatic carbocycles. The SMILES string of the molecule is CCC[NH+]1CCC(NC(=O)c2cccc(NS(=O)(=O)c3ccc(C)cc3)c2)CC1.